The second kappa shape index (κ2) is 6.68. The zero-order chi connectivity index (χ0) is 19.2. The van der Waals surface area contributed by atoms with E-state index in [2.05, 4.69) is 0 Å². The third kappa shape index (κ3) is 3.12. The average molecular weight is 385 g/mol. The molecule has 0 N–H and O–H groups in total. The number of hydrogen-bond acceptors (Lipinski definition) is 3. The maximum atomic E-state index is 13.2. The lowest BCUT2D eigenvalue weighted by Gasteiger charge is -2.24. The van der Waals surface area contributed by atoms with Gasteiger partial charge in [-0.1, -0.05) is 17.7 Å². The van der Waals surface area contributed by atoms with Crippen molar-refractivity contribution in [3.05, 3.63) is 59.2 Å². The fourth-order valence-corrected chi connectivity index (χ4v) is 5.72. The van der Waals surface area contributed by atoms with Gasteiger partial charge in [-0.3, -0.25) is 9.10 Å². The van der Waals surface area contributed by atoms with Crippen LogP contribution in [0.25, 0.3) is 0 Å². The Morgan fingerprint density at radius 2 is 1.70 bits per heavy atom. The summed E-state index contributed by atoms with van der Waals surface area (Å²) in [5, 5.41) is 0. The van der Waals surface area contributed by atoms with Gasteiger partial charge in [0.1, 0.15) is 0 Å². The summed E-state index contributed by atoms with van der Waals surface area (Å²) in [6, 6.07) is 12.2. The average Bonchev–Trinajstić information content (AvgIpc) is 3.28. The van der Waals surface area contributed by atoms with Gasteiger partial charge in [-0.2, -0.15) is 0 Å². The molecule has 1 fully saturated rings. The minimum atomic E-state index is -3.63. The lowest BCUT2D eigenvalue weighted by atomic mass is 10.1. The topological polar surface area (TPSA) is 57.7 Å². The van der Waals surface area contributed by atoms with Crippen LogP contribution in [0.3, 0.4) is 0 Å². The van der Waals surface area contributed by atoms with Crippen molar-refractivity contribution < 1.29 is 13.2 Å². The highest BCUT2D eigenvalue weighted by Gasteiger charge is 2.36. The molecule has 142 valence electrons. The molecule has 0 saturated carbocycles. The van der Waals surface area contributed by atoms with Crippen LogP contribution in [0.1, 0.15) is 41.3 Å². The number of sulfonamides is 1. The monoisotopic (exact) mass is 384 g/mol. The van der Waals surface area contributed by atoms with Crippen molar-refractivity contribution in [1.29, 1.82) is 0 Å². The highest BCUT2D eigenvalue weighted by molar-refractivity contribution is 7.92. The molecule has 0 spiro atoms. The molecule has 2 aromatic carbocycles. The van der Waals surface area contributed by atoms with E-state index in [0.29, 0.717) is 22.6 Å². The van der Waals surface area contributed by atoms with Crippen LogP contribution in [-0.4, -0.2) is 38.4 Å². The molecule has 5 nitrogen and oxygen atoms in total. The number of benzene rings is 2. The number of carbonyl (C=O) groups excluding carboxylic acids is 1. The van der Waals surface area contributed by atoms with Gasteiger partial charge in [0.25, 0.3) is 15.9 Å². The number of nitrogens with zero attached hydrogens (tertiary/aromatic N) is 2. The first-order valence-corrected chi connectivity index (χ1v) is 10.9. The van der Waals surface area contributed by atoms with Crippen LogP contribution in [0.5, 0.6) is 0 Å². The summed E-state index contributed by atoms with van der Waals surface area (Å²) in [5.41, 5.74) is 3.27. The van der Waals surface area contributed by atoms with Gasteiger partial charge < -0.3 is 4.90 Å². The second-order valence-electron chi connectivity index (χ2n) is 7.51. The van der Waals surface area contributed by atoms with Gasteiger partial charge in [-0.05, 0) is 69.0 Å². The maximum absolute atomic E-state index is 13.2. The van der Waals surface area contributed by atoms with Gasteiger partial charge in [0.2, 0.25) is 0 Å². The van der Waals surface area contributed by atoms with Crippen LogP contribution >= 0.6 is 0 Å². The standard InChI is InChI=1S/C21H24N2O3S/c1-15-5-8-19(9-6-15)27(25,26)23-16(2)13-18-14-17(7-10-20(18)23)21(24)22-11-3-4-12-22/h5-10,14,16H,3-4,11-13H2,1-2H3/t16-/m1/s1. The van der Waals surface area contributed by atoms with Crippen molar-refractivity contribution >= 4 is 21.6 Å². The minimum Gasteiger partial charge on any atom is -0.339 e. The lowest BCUT2D eigenvalue weighted by molar-refractivity contribution is 0.0792. The highest BCUT2D eigenvalue weighted by Crippen LogP contribution is 2.37. The SMILES string of the molecule is Cc1ccc(S(=O)(=O)N2c3ccc(C(=O)N4CCCC4)cc3C[C@H]2C)cc1. The van der Waals surface area contributed by atoms with Crippen molar-refractivity contribution in [2.24, 2.45) is 0 Å². The van der Waals surface area contributed by atoms with E-state index < -0.39 is 10.0 Å². The molecule has 1 saturated heterocycles. The molecule has 0 aliphatic carbocycles. The van der Waals surface area contributed by atoms with Crippen LogP contribution < -0.4 is 4.31 Å². The zero-order valence-electron chi connectivity index (χ0n) is 15.7. The molecule has 1 atom stereocenters. The Labute approximate surface area is 160 Å². The number of fused-ring (bicyclic) bond motifs is 1. The number of rotatable bonds is 3. The Hall–Kier alpha value is -2.34. The van der Waals surface area contributed by atoms with Crippen molar-refractivity contribution in [2.75, 3.05) is 17.4 Å². The van der Waals surface area contributed by atoms with Gasteiger partial charge in [-0.25, -0.2) is 8.42 Å². The van der Waals surface area contributed by atoms with Gasteiger partial charge in [0, 0.05) is 24.7 Å². The lowest BCUT2D eigenvalue weighted by Crippen LogP contribution is -2.35. The predicted octanol–water partition coefficient (Wildman–Crippen LogP) is 3.37. The molecule has 6 heteroatoms. The molecule has 0 unspecified atom stereocenters. The first-order valence-electron chi connectivity index (χ1n) is 9.41. The molecule has 1 amide bonds. The van der Waals surface area contributed by atoms with Gasteiger partial charge in [0.15, 0.2) is 0 Å². The molecule has 2 aliphatic rings. The van der Waals surface area contributed by atoms with Crippen molar-refractivity contribution in [3.63, 3.8) is 0 Å². The summed E-state index contributed by atoms with van der Waals surface area (Å²) in [4.78, 5) is 14.8. The smallest absolute Gasteiger partial charge is 0.264 e. The number of anilines is 1. The Balaban J connectivity index is 1.68. The quantitative estimate of drug-likeness (QED) is 0.815. The van der Waals surface area contributed by atoms with E-state index in [-0.39, 0.29) is 11.9 Å². The third-order valence-corrected chi connectivity index (χ3v) is 7.39. The van der Waals surface area contributed by atoms with E-state index >= 15 is 0 Å². The number of hydrogen-bond donors (Lipinski definition) is 0. The second-order valence-corrected chi connectivity index (χ2v) is 9.32. The molecule has 0 radical (unpaired) electrons. The van der Waals surface area contributed by atoms with Gasteiger partial charge in [0.05, 0.1) is 10.6 Å². The first kappa shape index (κ1) is 18.0. The fraction of sp³-hybridized carbons (Fsp3) is 0.381. The van der Waals surface area contributed by atoms with Crippen LogP contribution in [-0.2, 0) is 16.4 Å². The van der Waals surface area contributed by atoms with Crippen molar-refractivity contribution in [2.45, 2.75) is 44.0 Å². The Morgan fingerprint density at radius 3 is 2.37 bits per heavy atom. The largest absolute Gasteiger partial charge is 0.339 e. The molecule has 2 heterocycles. The van der Waals surface area contributed by atoms with Crippen LogP contribution in [0, 0.1) is 6.92 Å². The Kier molecular flexibility index (Phi) is 4.46. The van der Waals surface area contributed by atoms with Crippen LogP contribution in [0.2, 0.25) is 0 Å². The normalized spacial score (nSPS) is 19.4. The molecular weight excluding hydrogens is 360 g/mol. The fourth-order valence-electron chi connectivity index (χ4n) is 4.03. The molecule has 27 heavy (non-hydrogen) atoms. The van der Waals surface area contributed by atoms with Gasteiger partial charge >= 0.3 is 0 Å². The summed E-state index contributed by atoms with van der Waals surface area (Å²) in [7, 11) is -3.63. The van der Waals surface area contributed by atoms with Crippen LogP contribution in [0.4, 0.5) is 5.69 Å². The molecule has 2 aromatic rings. The minimum absolute atomic E-state index is 0.0443. The van der Waals surface area contributed by atoms with Gasteiger partial charge in [-0.15, -0.1) is 0 Å². The highest BCUT2D eigenvalue weighted by atomic mass is 32.2. The van der Waals surface area contributed by atoms with Crippen molar-refractivity contribution in [1.82, 2.24) is 4.90 Å². The Bertz CT molecular complexity index is 977. The van der Waals surface area contributed by atoms with E-state index in [1.807, 2.05) is 36.9 Å². The molecule has 2 aliphatic heterocycles. The summed E-state index contributed by atoms with van der Waals surface area (Å²) in [6.45, 7) is 5.46. The van der Waals surface area contributed by atoms with E-state index in [4.69, 9.17) is 0 Å². The number of amides is 1. The number of carbonyl (C=O) groups is 1. The summed E-state index contributed by atoms with van der Waals surface area (Å²) >= 11 is 0. The molecule has 4 rings (SSSR count). The maximum Gasteiger partial charge on any atom is 0.264 e. The molecule has 0 bridgehead atoms. The van der Waals surface area contributed by atoms with Crippen molar-refractivity contribution in [3.8, 4) is 0 Å². The third-order valence-electron chi connectivity index (χ3n) is 5.45. The number of aryl methyl sites for hydroxylation is 1. The zero-order valence-corrected chi connectivity index (χ0v) is 16.5. The molecule has 0 aromatic heterocycles. The van der Waals surface area contributed by atoms with Crippen LogP contribution in [0.15, 0.2) is 47.4 Å². The Morgan fingerprint density at radius 1 is 1.04 bits per heavy atom. The van der Waals surface area contributed by atoms with E-state index in [1.54, 1.807) is 24.3 Å². The summed E-state index contributed by atoms with van der Waals surface area (Å²) < 4.78 is 27.9. The summed E-state index contributed by atoms with van der Waals surface area (Å²) in [5.74, 6) is 0.0443. The predicted molar refractivity (Wildman–Crippen MR) is 106 cm³/mol. The van der Waals surface area contributed by atoms with E-state index in [9.17, 15) is 13.2 Å². The summed E-state index contributed by atoms with van der Waals surface area (Å²) in [6.07, 6.45) is 2.72. The first-order chi connectivity index (χ1) is 12.9. The van der Waals surface area contributed by atoms with E-state index in [1.165, 1.54) is 4.31 Å². The molecular formula is C21H24N2O3S. The number of likely N-dealkylation sites (tertiary alicyclic amines) is 1. The van der Waals surface area contributed by atoms with E-state index in [0.717, 1.165) is 37.1 Å².